The zero-order valence-corrected chi connectivity index (χ0v) is 4.16. The normalized spacial score (nSPS) is 5.71. The second kappa shape index (κ2) is 5.07. The number of hydrogen-bond acceptors (Lipinski definition) is 4. The molecule has 0 aliphatic rings. The van der Waals surface area contributed by atoms with Crippen molar-refractivity contribution >= 4 is 23.8 Å². The predicted octanol–water partition coefficient (Wildman–Crippen LogP) is -0.745. The first-order valence-electron chi connectivity index (χ1n) is 1.43. The first kappa shape index (κ1) is 6.07. The van der Waals surface area contributed by atoms with Crippen LogP contribution in [0.4, 0.5) is 0 Å². The number of carbonyl (C=O) groups excluding carboxylic acids is 1. The van der Waals surface area contributed by atoms with Gasteiger partial charge in [-0.1, -0.05) is 0 Å². The number of thiocarbonyl (C=S) groups is 1. The van der Waals surface area contributed by atoms with Gasteiger partial charge in [-0.3, -0.25) is 10.2 Å². The lowest BCUT2D eigenvalue weighted by molar-refractivity contribution is -0.110. The van der Waals surface area contributed by atoms with Gasteiger partial charge in [-0.05, 0) is 12.2 Å². The molecule has 1 amide bonds. The van der Waals surface area contributed by atoms with Crippen LogP contribution < -0.4 is 11.0 Å². The number of isothiocyanates is 1. The maximum Gasteiger partial charge on any atom is 0.226 e. The summed E-state index contributed by atoms with van der Waals surface area (Å²) in [6.07, 6.45) is 0.441. The van der Waals surface area contributed by atoms with Crippen LogP contribution in [0.2, 0.25) is 0 Å². The van der Waals surface area contributed by atoms with E-state index in [1.807, 2.05) is 10.6 Å². The summed E-state index contributed by atoms with van der Waals surface area (Å²) in [5, 5.41) is 5.11. The van der Waals surface area contributed by atoms with Crippen LogP contribution in [0, 0.1) is 0 Å². The van der Waals surface area contributed by atoms with E-state index < -0.39 is 0 Å². The molecule has 0 aromatic carbocycles. The van der Waals surface area contributed by atoms with Gasteiger partial charge in [0, 0.05) is 0 Å². The largest absolute Gasteiger partial charge is 0.277 e. The van der Waals surface area contributed by atoms with Crippen LogP contribution in [0.3, 0.4) is 0 Å². The van der Waals surface area contributed by atoms with Crippen molar-refractivity contribution in [3.63, 3.8) is 0 Å². The number of amides is 1. The Labute approximate surface area is 45.6 Å². The number of nitrogens with one attached hydrogen (secondary N) is 2. The van der Waals surface area contributed by atoms with Crippen molar-refractivity contribution in [1.29, 1.82) is 0 Å². The van der Waals surface area contributed by atoms with Crippen LogP contribution in [-0.4, -0.2) is 11.6 Å². The molecule has 5 heteroatoms. The molecule has 0 radical (unpaired) electrons. The van der Waals surface area contributed by atoms with Gasteiger partial charge < -0.3 is 0 Å². The van der Waals surface area contributed by atoms with Crippen molar-refractivity contribution in [2.75, 3.05) is 0 Å². The maximum absolute atomic E-state index is 9.38. The second-order valence-electron chi connectivity index (χ2n) is 0.577. The molecule has 38 valence electrons. The molecule has 0 heterocycles. The van der Waals surface area contributed by atoms with E-state index in [4.69, 9.17) is 0 Å². The monoisotopic (exact) mass is 117 g/mol. The first-order valence-corrected chi connectivity index (χ1v) is 1.83. The average molecular weight is 117 g/mol. The minimum absolute atomic E-state index is 0.441. The third-order valence-corrected chi connectivity index (χ3v) is 0.316. The molecule has 0 saturated carbocycles. The summed E-state index contributed by atoms with van der Waals surface area (Å²) >= 11 is 4.13. The minimum atomic E-state index is 0.441. The van der Waals surface area contributed by atoms with Gasteiger partial charge in [-0.15, -0.1) is 5.10 Å². The average Bonchev–Trinajstić information content (AvgIpc) is 1.69. The van der Waals surface area contributed by atoms with Gasteiger partial charge >= 0.3 is 0 Å². The molecular weight excluding hydrogens is 114 g/mol. The molecule has 0 aromatic rings. The Kier molecular flexibility index (Phi) is 4.40. The quantitative estimate of drug-likeness (QED) is 0.168. The molecule has 0 aliphatic carbocycles. The smallest absolute Gasteiger partial charge is 0.226 e. The van der Waals surface area contributed by atoms with Crippen LogP contribution in [0.15, 0.2) is 5.10 Å². The van der Waals surface area contributed by atoms with Crippen LogP contribution >= 0.6 is 12.2 Å². The Hall–Kier alpha value is -0.930. The van der Waals surface area contributed by atoms with E-state index in [1.165, 1.54) is 0 Å². The van der Waals surface area contributed by atoms with E-state index >= 15 is 0 Å². The first-order chi connectivity index (χ1) is 3.41. The van der Waals surface area contributed by atoms with E-state index in [9.17, 15) is 4.79 Å². The number of nitrogens with zero attached hydrogens (tertiary/aromatic N) is 1. The van der Waals surface area contributed by atoms with Gasteiger partial charge in [0.05, 0.1) is 5.16 Å². The lowest BCUT2D eigenvalue weighted by Gasteiger charge is -1.86. The lowest BCUT2D eigenvalue weighted by Crippen LogP contribution is -2.24. The highest BCUT2D eigenvalue weighted by Gasteiger charge is 1.61. The SMILES string of the molecule is O=CNNN=C=S. The van der Waals surface area contributed by atoms with Gasteiger partial charge in [-0.25, -0.2) is 5.53 Å². The molecule has 0 spiro atoms. The van der Waals surface area contributed by atoms with Gasteiger partial charge in [-0.2, -0.15) is 0 Å². The van der Waals surface area contributed by atoms with E-state index in [1.54, 1.807) is 0 Å². The van der Waals surface area contributed by atoms with E-state index in [0.717, 1.165) is 0 Å². The molecule has 2 N–H and O–H groups in total. The number of hydrazone groups is 1. The number of rotatable bonds is 3. The Morgan fingerprint density at radius 2 is 2.57 bits per heavy atom. The molecule has 0 rings (SSSR count). The second-order valence-corrected chi connectivity index (χ2v) is 0.760. The van der Waals surface area contributed by atoms with Crippen molar-refractivity contribution in [1.82, 2.24) is 11.0 Å². The molecule has 0 saturated heterocycles. The Bertz CT molecular complexity index is 97.1. The van der Waals surface area contributed by atoms with Crippen molar-refractivity contribution in [2.24, 2.45) is 5.10 Å². The molecule has 0 atom stereocenters. The summed E-state index contributed by atoms with van der Waals surface area (Å²) in [6, 6.07) is 0. The fourth-order valence-electron chi connectivity index (χ4n) is 0.0814. The Morgan fingerprint density at radius 3 is 3.00 bits per heavy atom. The summed E-state index contributed by atoms with van der Waals surface area (Å²) in [4.78, 5) is 9.38. The highest BCUT2D eigenvalue weighted by Crippen LogP contribution is 1.40. The number of hydrogen-bond donors (Lipinski definition) is 2. The van der Waals surface area contributed by atoms with E-state index in [-0.39, 0.29) is 0 Å². The number of hydrazine groups is 1. The molecule has 7 heavy (non-hydrogen) atoms. The van der Waals surface area contributed by atoms with Crippen LogP contribution in [0.25, 0.3) is 0 Å². The molecule has 0 bridgehead atoms. The summed E-state index contributed by atoms with van der Waals surface area (Å²) in [7, 11) is 0. The Balaban J connectivity index is 2.97. The third kappa shape index (κ3) is 5.07. The molecule has 0 fully saturated rings. The van der Waals surface area contributed by atoms with Gasteiger partial charge in [0.15, 0.2) is 0 Å². The molecule has 0 unspecified atom stereocenters. The number of carbonyl (C=O) groups is 1. The van der Waals surface area contributed by atoms with Crippen molar-refractivity contribution in [3.05, 3.63) is 0 Å². The maximum atomic E-state index is 9.38. The topological polar surface area (TPSA) is 53.5 Å². The van der Waals surface area contributed by atoms with Crippen LogP contribution in [-0.2, 0) is 4.79 Å². The minimum Gasteiger partial charge on any atom is -0.277 e. The summed E-state index contributed by atoms with van der Waals surface area (Å²) < 4.78 is 0. The zero-order valence-electron chi connectivity index (χ0n) is 3.34. The van der Waals surface area contributed by atoms with Crippen molar-refractivity contribution in [3.8, 4) is 0 Å². The van der Waals surface area contributed by atoms with Crippen LogP contribution in [0.5, 0.6) is 0 Å². The molecule has 0 aromatic heterocycles. The molecule has 4 nitrogen and oxygen atoms in total. The van der Waals surface area contributed by atoms with Gasteiger partial charge in [0.1, 0.15) is 0 Å². The third-order valence-electron chi connectivity index (χ3n) is 0.225. The lowest BCUT2D eigenvalue weighted by atomic mass is 11.4. The summed E-state index contributed by atoms with van der Waals surface area (Å²) in [6.45, 7) is 0. The fourth-order valence-corrected chi connectivity index (χ4v) is 0.127. The van der Waals surface area contributed by atoms with E-state index in [0.29, 0.717) is 6.41 Å². The van der Waals surface area contributed by atoms with Gasteiger partial charge in [0.2, 0.25) is 6.41 Å². The van der Waals surface area contributed by atoms with Crippen molar-refractivity contribution in [2.45, 2.75) is 0 Å². The Morgan fingerprint density at radius 1 is 1.86 bits per heavy atom. The van der Waals surface area contributed by atoms with Gasteiger partial charge in [0.25, 0.3) is 0 Å². The summed E-state index contributed by atoms with van der Waals surface area (Å²) in [5.41, 5.74) is 4.10. The van der Waals surface area contributed by atoms with Crippen LogP contribution in [0.1, 0.15) is 0 Å². The predicted molar refractivity (Wildman–Crippen MR) is 27.4 cm³/mol. The zero-order chi connectivity index (χ0) is 5.54. The molecular formula is C2H3N3OS. The van der Waals surface area contributed by atoms with Crippen molar-refractivity contribution < 1.29 is 4.79 Å². The highest BCUT2D eigenvalue weighted by atomic mass is 32.1. The molecule has 0 aliphatic heterocycles. The standard InChI is InChI=1S/C2H3N3OS/c6-1-3-5-4-2-7/h1,5H,(H,3,6). The fraction of sp³-hybridized carbons (Fsp3) is 0. The van der Waals surface area contributed by atoms with E-state index in [2.05, 4.69) is 22.9 Å². The summed E-state index contributed by atoms with van der Waals surface area (Å²) in [5.74, 6) is 0. The highest BCUT2D eigenvalue weighted by molar-refractivity contribution is 7.78.